The fourth-order valence-corrected chi connectivity index (χ4v) is 1.12. The van der Waals surface area contributed by atoms with E-state index >= 15 is 0 Å². The maximum Gasteiger partial charge on any atom is 0.272 e. The van der Waals surface area contributed by atoms with Gasteiger partial charge in [-0.1, -0.05) is 35.9 Å². The minimum Gasteiger partial charge on any atom is -0.345 e. The highest BCUT2D eigenvalue weighted by molar-refractivity contribution is 5.75. The molecule has 0 aromatic heterocycles. The van der Waals surface area contributed by atoms with Gasteiger partial charge in [0.15, 0.2) is 0 Å². The summed E-state index contributed by atoms with van der Waals surface area (Å²) in [5.74, 6) is 5.66. The van der Waals surface area contributed by atoms with Crippen LogP contribution in [0.3, 0.4) is 0 Å². The SMILES string of the molecule is C=CCc1ccccc1C#C[C-]=[O+]C. The second-order valence-corrected chi connectivity index (χ2v) is 2.71. The molecule has 1 nitrogen and oxygen atoms in total. The first kappa shape index (κ1) is 10.3. The van der Waals surface area contributed by atoms with Crippen molar-refractivity contribution < 1.29 is 4.42 Å². The van der Waals surface area contributed by atoms with Gasteiger partial charge in [0, 0.05) is 0 Å². The minimum atomic E-state index is 0.831. The quantitative estimate of drug-likeness (QED) is 0.288. The molecule has 1 rings (SSSR count). The number of allylic oxidation sites excluding steroid dienone is 1. The molecule has 0 saturated carbocycles. The van der Waals surface area contributed by atoms with E-state index in [-0.39, 0.29) is 0 Å². The van der Waals surface area contributed by atoms with Crippen molar-refractivity contribution in [1.29, 1.82) is 0 Å². The van der Waals surface area contributed by atoms with Gasteiger partial charge in [-0.2, -0.15) is 5.92 Å². The molecule has 0 saturated heterocycles. The molecular formula is C13H12O. The summed E-state index contributed by atoms with van der Waals surface area (Å²) in [5, 5.41) is 0. The first-order valence-corrected chi connectivity index (χ1v) is 4.36. The molecule has 0 radical (unpaired) electrons. The van der Waals surface area contributed by atoms with Crippen LogP contribution in [0.4, 0.5) is 0 Å². The highest BCUT2D eigenvalue weighted by atomic mass is 16.4. The summed E-state index contributed by atoms with van der Waals surface area (Å²) in [4.78, 5) is 0. The number of rotatable bonds is 2. The first-order chi connectivity index (χ1) is 6.88. The Morgan fingerprint density at radius 2 is 2.29 bits per heavy atom. The van der Waals surface area contributed by atoms with Gasteiger partial charge in [0.1, 0.15) is 0 Å². The molecular weight excluding hydrogens is 172 g/mol. The lowest BCUT2D eigenvalue weighted by Gasteiger charge is -2.03. The number of hydrogen-bond acceptors (Lipinski definition) is 0. The van der Waals surface area contributed by atoms with E-state index in [9.17, 15) is 0 Å². The van der Waals surface area contributed by atoms with Crippen molar-refractivity contribution in [2.24, 2.45) is 0 Å². The lowest BCUT2D eigenvalue weighted by molar-refractivity contribution is 0.187. The molecule has 1 aromatic rings. The fourth-order valence-electron chi connectivity index (χ4n) is 1.12. The maximum atomic E-state index is 4.62. The third-order valence-corrected chi connectivity index (χ3v) is 1.73. The minimum absolute atomic E-state index is 0.831. The fraction of sp³-hybridized carbons (Fsp3) is 0.154. The van der Waals surface area contributed by atoms with Gasteiger partial charge in [-0.15, -0.1) is 6.58 Å². The third-order valence-electron chi connectivity index (χ3n) is 1.73. The molecule has 0 aliphatic rings. The van der Waals surface area contributed by atoms with Gasteiger partial charge < -0.3 is 4.42 Å². The topological polar surface area (TPSA) is 11.3 Å². The van der Waals surface area contributed by atoms with E-state index in [2.05, 4.69) is 29.1 Å². The van der Waals surface area contributed by atoms with Gasteiger partial charge in [-0.25, -0.2) is 0 Å². The molecule has 0 unspecified atom stereocenters. The Bertz CT molecular complexity index is 391. The number of benzene rings is 1. The van der Waals surface area contributed by atoms with Crippen LogP contribution in [-0.4, -0.2) is 13.4 Å². The van der Waals surface area contributed by atoms with Crippen molar-refractivity contribution in [3.8, 4) is 11.8 Å². The van der Waals surface area contributed by atoms with Crippen molar-refractivity contribution in [2.75, 3.05) is 7.11 Å². The van der Waals surface area contributed by atoms with Crippen LogP contribution >= 0.6 is 0 Å². The van der Waals surface area contributed by atoms with Crippen LogP contribution in [0.1, 0.15) is 11.1 Å². The molecule has 0 aliphatic carbocycles. The van der Waals surface area contributed by atoms with E-state index in [1.54, 1.807) is 0 Å². The zero-order valence-corrected chi connectivity index (χ0v) is 8.21. The van der Waals surface area contributed by atoms with Crippen LogP contribution in [0.15, 0.2) is 36.9 Å². The maximum absolute atomic E-state index is 4.62. The standard InChI is InChI=1S/C13H12O/c1-3-7-12-8-4-5-9-13(12)10-6-11-14-2/h3-5,8-9H,1,7H2,2H3. The van der Waals surface area contributed by atoms with Gasteiger partial charge in [0.25, 0.3) is 6.29 Å². The van der Waals surface area contributed by atoms with E-state index in [1.807, 2.05) is 30.3 Å². The predicted octanol–water partition coefficient (Wildman–Crippen LogP) is 2.04. The number of hydrogen-bond donors (Lipinski definition) is 0. The van der Waals surface area contributed by atoms with Crippen LogP contribution < -0.4 is 0 Å². The molecule has 0 bridgehead atoms. The normalized spacial score (nSPS) is 9.50. The van der Waals surface area contributed by atoms with Gasteiger partial charge in [-0.05, 0) is 12.0 Å². The van der Waals surface area contributed by atoms with E-state index in [4.69, 9.17) is 0 Å². The van der Waals surface area contributed by atoms with Crippen molar-refractivity contribution >= 4 is 6.29 Å². The zero-order chi connectivity index (χ0) is 10.2. The van der Waals surface area contributed by atoms with Gasteiger partial charge in [0.05, 0.1) is 0 Å². The Morgan fingerprint density at radius 1 is 1.50 bits per heavy atom. The smallest absolute Gasteiger partial charge is 0.272 e. The van der Waals surface area contributed by atoms with Gasteiger partial charge >= 0.3 is 0 Å². The summed E-state index contributed by atoms with van der Waals surface area (Å²) < 4.78 is 4.62. The highest BCUT2D eigenvalue weighted by Gasteiger charge is 1.90. The van der Waals surface area contributed by atoms with E-state index in [0.29, 0.717) is 0 Å². The molecule has 0 heterocycles. The highest BCUT2D eigenvalue weighted by Crippen LogP contribution is 2.07. The molecule has 14 heavy (non-hydrogen) atoms. The Morgan fingerprint density at radius 3 is 3.00 bits per heavy atom. The Kier molecular flexibility index (Phi) is 4.23. The lowest BCUT2D eigenvalue weighted by Crippen LogP contribution is -1.86. The summed E-state index contributed by atoms with van der Waals surface area (Å²) in [6.45, 7) is 3.71. The molecule has 1 aromatic carbocycles. The average Bonchev–Trinajstić information content (AvgIpc) is 2.21. The summed E-state index contributed by atoms with van der Waals surface area (Å²) >= 11 is 0. The van der Waals surface area contributed by atoms with Crippen molar-refractivity contribution in [1.82, 2.24) is 0 Å². The second-order valence-electron chi connectivity index (χ2n) is 2.71. The third kappa shape index (κ3) is 2.91. The first-order valence-electron chi connectivity index (χ1n) is 4.36. The molecule has 0 spiro atoms. The Balaban J connectivity index is 2.96. The molecule has 0 amide bonds. The largest absolute Gasteiger partial charge is 0.345 e. The summed E-state index contributed by atoms with van der Waals surface area (Å²) in [5.41, 5.74) is 2.17. The average molecular weight is 184 g/mol. The molecule has 70 valence electrons. The van der Waals surface area contributed by atoms with Gasteiger partial charge in [0.2, 0.25) is 7.11 Å². The van der Waals surface area contributed by atoms with Gasteiger partial charge in [-0.3, -0.25) is 5.92 Å². The van der Waals surface area contributed by atoms with Crippen LogP contribution in [0.25, 0.3) is 0 Å². The van der Waals surface area contributed by atoms with E-state index in [0.717, 1.165) is 12.0 Å². The molecule has 0 atom stereocenters. The summed E-state index contributed by atoms with van der Waals surface area (Å²) in [6, 6.07) is 7.97. The van der Waals surface area contributed by atoms with Crippen molar-refractivity contribution in [3.05, 3.63) is 48.0 Å². The molecule has 1 heteroatoms. The molecule has 0 N–H and O–H groups in total. The summed E-state index contributed by atoms with van der Waals surface area (Å²) in [6.07, 6.45) is 5.18. The van der Waals surface area contributed by atoms with Crippen LogP contribution in [-0.2, 0) is 10.8 Å². The second kappa shape index (κ2) is 5.77. The van der Waals surface area contributed by atoms with Crippen molar-refractivity contribution in [3.63, 3.8) is 0 Å². The van der Waals surface area contributed by atoms with Crippen molar-refractivity contribution in [2.45, 2.75) is 6.42 Å². The number of carbonyl (C=O) groups excluding carboxylic acids is 1. The van der Waals surface area contributed by atoms with E-state index in [1.165, 1.54) is 12.7 Å². The monoisotopic (exact) mass is 184 g/mol. The lowest BCUT2D eigenvalue weighted by atomic mass is 10.1. The van der Waals surface area contributed by atoms with Crippen LogP contribution in [0.5, 0.6) is 0 Å². The van der Waals surface area contributed by atoms with E-state index < -0.39 is 0 Å². The Labute approximate surface area is 84.8 Å². The summed E-state index contributed by atoms with van der Waals surface area (Å²) in [7, 11) is 1.53. The molecule has 0 fully saturated rings. The predicted molar refractivity (Wildman–Crippen MR) is 58.8 cm³/mol. The van der Waals surface area contributed by atoms with Crippen LogP contribution in [0.2, 0.25) is 0 Å². The van der Waals surface area contributed by atoms with Crippen LogP contribution in [0, 0.1) is 11.8 Å². The zero-order valence-electron chi connectivity index (χ0n) is 8.21. The Hall–Kier alpha value is -1.81. The molecule has 0 aliphatic heterocycles.